The lowest BCUT2D eigenvalue weighted by atomic mass is 10.0. The molecule has 0 aliphatic carbocycles. The average molecular weight is 446 g/mol. The van der Waals surface area contributed by atoms with Gasteiger partial charge in [0.25, 0.3) is 0 Å². The van der Waals surface area contributed by atoms with Crippen molar-refractivity contribution in [1.82, 2.24) is 0 Å². The molecule has 0 aliphatic rings. The molecule has 0 nitrogen and oxygen atoms in total. The summed E-state index contributed by atoms with van der Waals surface area (Å²) in [5, 5.41) is 0. The van der Waals surface area contributed by atoms with Crippen molar-refractivity contribution in [2.75, 3.05) is 0 Å². The van der Waals surface area contributed by atoms with Crippen LogP contribution in [0.2, 0.25) is 0 Å². The molecular formula is C32H61. The molecule has 0 atom stereocenters. The first-order valence-corrected chi connectivity index (χ1v) is 15.1. The molecule has 0 heterocycles. The van der Waals surface area contributed by atoms with E-state index in [4.69, 9.17) is 6.58 Å². The molecule has 0 saturated heterocycles. The molecule has 0 spiro atoms. The third-order valence-corrected chi connectivity index (χ3v) is 6.97. The maximum atomic E-state index is 5.32. The summed E-state index contributed by atoms with van der Waals surface area (Å²) < 4.78 is 0. The van der Waals surface area contributed by atoms with E-state index in [-0.39, 0.29) is 0 Å². The summed E-state index contributed by atoms with van der Waals surface area (Å²) in [6, 6.07) is 0. The summed E-state index contributed by atoms with van der Waals surface area (Å²) in [4.78, 5) is 0. The number of rotatable bonds is 28. The highest BCUT2D eigenvalue weighted by atomic mass is 14.0. The summed E-state index contributed by atoms with van der Waals surface area (Å²) in [7, 11) is 0. The Hall–Kier alpha value is -0.520. The number of hydrogen-bond acceptors (Lipinski definition) is 0. The van der Waals surface area contributed by atoms with Crippen LogP contribution in [0.15, 0.2) is 18.2 Å². The Kier molecular flexibility index (Phi) is 30.0. The monoisotopic (exact) mass is 445 g/mol. The first-order valence-electron chi connectivity index (χ1n) is 15.1. The van der Waals surface area contributed by atoms with Crippen molar-refractivity contribution in [1.29, 1.82) is 0 Å². The second kappa shape index (κ2) is 30.5. The molecule has 0 heteroatoms. The Morgan fingerprint density at radius 2 is 0.625 bits per heavy atom. The van der Waals surface area contributed by atoms with Crippen LogP contribution in [-0.2, 0) is 0 Å². The van der Waals surface area contributed by atoms with Gasteiger partial charge in [0.2, 0.25) is 0 Å². The van der Waals surface area contributed by atoms with E-state index < -0.39 is 0 Å². The van der Waals surface area contributed by atoms with E-state index >= 15 is 0 Å². The zero-order valence-electron chi connectivity index (χ0n) is 22.4. The lowest BCUT2D eigenvalue weighted by Gasteiger charge is -2.04. The number of allylic oxidation sites excluding steroid dienone is 3. The molecule has 0 unspecified atom stereocenters. The van der Waals surface area contributed by atoms with Gasteiger partial charge >= 0.3 is 0 Å². The van der Waals surface area contributed by atoms with Gasteiger partial charge in [0.15, 0.2) is 0 Å². The molecule has 189 valence electrons. The zero-order valence-corrected chi connectivity index (χ0v) is 22.4. The van der Waals surface area contributed by atoms with Crippen molar-refractivity contribution in [3.8, 4) is 0 Å². The third kappa shape index (κ3) is 29.5. The summed E-state index contributed by atoms with van der Waals surface area (Å²) >= 11 is 0. The van der Waals surface area contributed by atoms with Crippen molar-refractivity contribution in [3.05, 3.63) is 24.8 Å². The van der Waals surface area contributed by atoms with Gasteiger partial charge in [-0.2, -0.15) is 0 Å². The molecule has 0 bridgehead atoms. The predicted molar refractivity (Wildman–Crippen MR) is 148 cm³/mol. The minimum atomic E-state index is 1.19. The summed E-state index contributed by atoms with van der Waals surface area (Å²) in [5.74, 6) is 0. The van der Waals surface area contributed by atoms with Crippen LogP contribution in [0.4, 0.5) is 0 Å². The van der Waals surface area contributed by atoms with Crippen LogP contribution >= 0.6 is 0 Å². The Balaban J connectivity index is 3.01. The molecule has 0 aromatic heterocycles. The van der Waals surface area contributed by atoms with Gasteiger partial charge in [-0.1, -0.05) is 192 Å². The van der Waals surface area contributed by atoms with Crippen LogP contribution in [-0.4, -0.2) is 0 Å². The largest absolute Gasteiger partial charge is 0.0845 e. The fraction of sp³-hybridized carbons (Fsp3) is 0.875. The SMILES string of the molecule is [CH]=CC=CCCCCCCCCCCCCCCCCCCCCCCCCCCCC. The van der Waals surface area contributed by atoms with Crippen LogP contribution in [0.5, 0.6) is 0 Å². The zero-order chi connectivity index (χ0) is 23.2. The van der Waals surface area contributed by atoms with Crippen LogP contribution in [0.1, 0.15) is 180 Å². The van der Waals surface area contributed by atoms with Gasteiger partial charge in [-0.3, -0.25) is 0 Å². The molecule has 0 N–H and O–H groups in total. The molecule has 0 rings (SSSR count). The maximum Gasteiger partial charge on any atom is -0.0348 e. The van der Waals surface area contributed by atoms with E-state index in [1.165, 1.54) is 173 Å². The third-order valence-electron chi connectivity index (χ3n) is 6.97. The highest BCUT2D eigenvalue weighted by molar-refractivity contribution is 4.95. The molecule has 32 heavy (non-hydrogen) atoms. The Morgan fingerprint density at radius 1 is 0.375 bits per heavy atom. The van der Waals surface area contributed by atoms with E-state index in [9.17, 15) is 0 Å². The van der Waals surface area contributed by atoms with Crippen LogP contribution in [0, 0.1) is 6.58 Å². The first kappa shape index (κ1) is 31.5. The topological polar surface area (TPSA) is 0 Å². The van der Waals surface area contributed by atoms with Gasteiger partial charge in [0, 0.05) is 0 Å². The van der Waals surface area contributed by atoms with Crippen molar-refractivity contribution in [3.63, 3.8) is 0 Å². The summed E-state index contributed by atoms with van der Waals surface area (Å²) in [6.07, 6.45) is 44.9. The smallest absolute Gasteiger partial charge is 0.0348 e. The second-order valence-electron chi connectivity index (χ2n) is 10.2. The van der Waals surface area contributed by atoms with Gasteiger partial charge in [-0.05, 0) is 12.8 Å². The normalized spacial score (nSPS) is 11.5. The molecule has 0 aromatic carbocycles. The lowest BCUT2D eigenvalue weighted by molar-refractivity contribution is 0.515. The molecule has 0 aromatic rings. The van der Waals surface area contributed by atoms with Crippen LogP contribution < -0.4 is 0 Å². The van der Waals surface area contributed by atoms with Gasteiger partial charge < -0.3 is 0 Å². The van der Waals surface area contributed by atoms with E-state index in [0.717, 1.165) is 0 Å². The van der Waals surface area contributed by atoms with E-state index in [0.29, 0.717) is 0 Å². The molecular weight excluding hydrogens is 384 g/mol. The van der Waals surface area contributed by atoms with Gasteiger partial charge in [0.1, 0.15) is 0 Å². The summed E-state index contributed by atoms with van der Waals surface area (Å²) in [5.41, 5.74) is 0. The Labute approximate surface area is 205 Å². The van der Waals surface area contributed by atoms with E-state index in [2.05, 4.69) is 13.0 Å². The fourth-order valence-electron chi connectivity index (χ4n) is 4.75. The first-order chi connectivity index (χ1) is 15.9. The van der Waals surface area contributed by atoms with Crippen LogP contribution in [0.3, 0.4) is 0 Å². The molecule has 1 radical (unpaired) electrons. The lowest BCUT2D eigenvalue weighted by Crippen LogP contribution is -1.84. The number of unbranched alkanes of at least 4 members (excludes halogenated alkanes) is 26. The van der Waals surface area contributed by atoms with Crippen molar-refractivity contribution in [2.45, 2.75) is 180 Å². The molecule has 0 fully saturated rings. The second-order valence-corrected chi connectivity index (χ2v) is 10.2. The Morgan fingerprint density at radius 3 is 0.875 bits per heavy atom. The highest BCUT2D eigenvalue weighted by Crippen LogP contribution is 2.16. The van der Waals surface area contributed by atoms with Crippen molar-refractivity contribution >= 4 is 0 Å². The van der Waals surface area contributed by atoms with Gasteiger partial charge in [-0.15, -0.1) is 0 Å². The average Bonchev–Trinajstić information content (AvgIpc) is 2.81. The summed E-state index contributed by atoms with van der Waals surface area (Å²) in [6.45, 7) is 7.63. The fourth-order valence-corrected chi connectivity index (χ4v) is 4.75. The standard InChI is InChI=1S/C32H61/c1-3-5-7-9-11-13-15-17-19-21-23-25-27-29-31-32-30-28-26-24-22-20-18-16-14-12-10-8-6-4-2/h1,3,5,7H,4,6,8-32H2,2H3. The van der Waals surface area contributed by atoms with Crippen molar-refractivity contribution < 1.29 is 0 Å². The van der Waals surface area contributed by atoms with Gasteiger partial charge in [0.05, 0.1) is 0 Å². The minimum Gasteiger partial charge on any atom is -0.0845 e. The Bertz CT molecular complexity index is 353. The van der Waals surface area contributed by atoms with Crippen molar-refractivity contribution in [2.24, 2.45) is 0 Å². The van der Waals surface area contributed by atoms with Gasteiger partial charge in [-0.25, -0.2) is 0 Å². The number of hydrogen-bond donors (Lipinski definition) is 0. The maximum absolute atomic E-state index is 5.32. The molecule has 0 saturated carbocycles. The minimum absolute atomic E-state index is 1.19. The van der Waals surface area contributed by atoms with E-state index in [1.807, 2.05) is 6.08 Å². The molecule has 0 aliphatic heterocycles. The quantitative estimate of drug-likeness (QED) is 0.0829. The predicted octanol–water partition coefficient (Wildman–Crippen LogP) is 12.1. The van der Waals surface area contributed by atoms with E-state index in [1.54, 1.807) is 6.08 Å². The van der Waals surface area contributed by atoms with Crippen LogP contribution in [0.25, 0.3) is 0 Å². The molecule has 0 amide bonds. The highest BCUT2D eigenvalue weighted by Gasteiger charge is 1.96.